The van der Waals surface area contributed by atoms with Gasteiger partial charge in [-0.2, -0.15) is 0 Å². The minimum Gasteiger partial charge on any atom is -0.325 e. The van der Waals surface area contributed by atoms with Crippen LogP contribution in [0.2, 0.25) is 0 Å². The summed E-state index contributed by atoms with van der Waals surface area (Å²) in [5.74, 6) is 1.86. The number of aromatic nitrogens is 2. The Labute approximate surface area is 121 Å². The molecule has 1 aliphatic heterocycles. The van der Waals surface area contributed by atoms with Gasteiger partial charge in [-0.15, -0.1) is 0 Å². The van der Waals surface area contributed by atoms with Crippen LogP contribution in [0, 0.1) is 0 Å². The Bertz CT molecular complexity index is 630. The molecule has 1 aromatic carbocycles. The van der Waals surface area contributed by atoms with Crippen molar-refractivity contribution in [3.05, 3.63) is 28.5 Å². The minimum atomic E-state index is 0.540. The zero-order valence-corrected chi connectivity index (χ0v) is 12.7. The summed E-state index contributed by atoms with van der Waals surface area (Å²) in [5.41, 5.74) is 2.44. The van der Waals surface area contributed by atoms with E-state index >= 15 is 0 Å². The number of benzene rings is 1. The molecule has 2 aromatic rings. The van der Waals surface area contributed by atoms with Crippen molar-refractivity contribution in [3.63, 3.8) is 0 Å². The number of rotatable bonds is 2. The fraction of sp³-hybridized carbons (Fsp3) is 0.533. The van der Waals surface area contributed by atoms with Crippen LogP contribution >= 0.6 is 15.9 Å². The lowest BCUT2D eigenvalue weighted by Gasteiger charge is -2.16. The zero-order valence-electron chi connectivity index (χ0n) is 11.1. The van der Waals surface area contributed by atoms with Crippen LogP contribution in [0.4, 0.5) is 0 Å². The van der Waals surface area contributed by atoms with Gasteiger partial charge in [0.1, 0.15) is 5.82 Å². The Morgan fingerprint density at radius 2 is 2.16 bits per heavy atom. The van der Waals surface area contributed by atoms with Gasteiger partial charge >= 0.3 is 0 Å². The van der Waals surface area contributed by atoms with Gasteiger partial charge in [-0.1, -0.05) is 15.9 Å². The highest BCUT2D eigenvalue weighted by Gasteiger charge is 2.34. The Balaban J connectivity index is 1.91. The normalized spacial score (nSPS) is 27.3. The molecule has 3 nitrogen and oxygen atoms in total. The molecule has 4 rings (SSSR count). The van der Waals surface area contributed by atoms with Gasteiger partial charge in [0.15, 0.2) is 0 Å². The topological polar surface area (TPSA) is 29.9 Å². The summed E-state index contributed by atoms with van der Waals surface area (Å²) in [6, 6.07) is 7.71. The second-order valence-electron chi connectivity index (χ2n) is 5.84. The molecule has 0 amide bonds. The SMILES string of the molecule is CC1NCCC1c1nc2cc(Br)ccc2n1C1CC1. The molecule has 100 valence electrons. The van der Waals surface area contributed by atoms with E-state index in [1.807, 2.05) is 0 Å². The summed E-state index contributed by atoms with van der Waals surface area (Å²) < 4.78 is 3.63. The summed E-state index contributed by atoms with van der Waals surface area (Å²) in [6.45, 7) is 3.40. The quantitative estimate of drug-likeness (QED) is 0.916. The number of halogens is 1. The zero-order chi connectivity index (χ0) is 13.0. The van der Waals surface area contributed by atoms with E-state index in [2.05, 4.69) is 50.9 Å². The van der Waals surface area contributed by atoms with Crippen LogP contribution in [-0.2, 0) is 0 Å². The Hall–Kier alpha value is -0.870. The van der Waals surface area contributed by atoms with E-state index in [1.165, 1.54) is 30.6 Å². The standard InChI is InChI=1S/C15H18BrN3/c1-9-12(6-7-17-9)15-18-13-8-10(16)2-5-14(13)19(15)11-3-4-11/h2,5,8-9,11-12,17H,3-4,6-7H2,1H3. The molecule has 0 bridgehead atoms. The summed E-state index contributed by atoms with van der Waals surface area (Å²) in [4.78, 5) is 4.96. The average Bonchev–Trinajstić information content (AvgIpc) is 3.03. The number of fused-ring (bicyclic) bond motifs is 1. The summed E-state index contributed by atoms with van der Waals surface area (Å²) in [5, 5.41) is 3.55. The van der Waals surface area contributed by atoms with Crippen molar-refractivity contribution in [1.82, 2.24) is 14.9 Å². The maximum Gasteiger partial charge on any atom is 0.114 e. The van der Waals surface area contributed by atoms with Crippen LogP contribution < -0.4 is 5.32 Å². The first-order valence-corrected chi connectivity index (χ1v) is 7.94. The summed E-state index contributed by atoms with van der Waals surface area (Å²) >= 11 is 3.55. The first-order chi connectivity index (χ1) is 9.24. The van der Waals surface area contributed by atoms with Crippen LogP contribution in [-0.4, -0.2) is 22.1 Å². The van der Waals surface area contributed by atoms with Crippen molar-refractivity contribution in [2.24, 2.45) is 0 Å². The molecule has 2 aliphatic rings. The Morgan fingerprint density at radius 1 is 1.32 bits per heavy atom. The minimum absolute atomic E-state index is 0.540. The molecule has 2 heterocycles. The summed E-state index contributed by atoms with van der Waals surface area (Å²) in [7, 11) is 0. The van der Waals surface area contributed by atoms with Gasteiger partial charge in [-0.05, 0) is 50.9 Å². The van der Waals surface area contributed by atoms with Gasteiger partial charge in [-0.3, -0.25) is 0 Å². The predicted octanol–water partition coefficient (Wildman–Crippen LogP) is 3.60. The van der Waals surface area contributed by atoms with Gasteiger partial charge in [0.2, 0.25) is 0 Å². The largest absolute Gasteiger partial charge is 0.325 e. The maximum absolute atomic E-state index is 4.96. The van der Waals surface area contributed by atoms with E-state index in [9.17, 15) is 0 Å². The third-order valence-corrected chi connectivity index (χ3v) is 4.94. The molecule has 2 atom stereocenters. The number of hydrogen-bond acceptors (Lipinski definition) is 2. The number of hydrogen-bond donors (Lipinski definition) is 1. The van der Waals surface area contributed by atoms with Crippen molar-refractivity contribution < 1.29 is 0 Å². The van der Waals surface area contributed by atoms with Gasteiger partial charge in [0.25, 0.3) is 0 Å². The van der Waals surface area contributed by atoms with Crippen molar-refractivity contribution >= 4 is 27.0 Å². The van der Waals surface area contributed by atoms with E-state index in [-0.39, 0.29) is 0 Å². The molecule has 19 heavy (non-hydrogen) atoms. The first-order valence-electron chi connectivity index (χ1n) is 7.15. The van der Waals surface area contributed by atoms with Crippen LogP contribution in [0.25, 0.3) is 11.0 Å². The lowest BCUT2D eigenvalue weighted by Crippen LogP contribution is -2.23. The van der Waals surface area contributed by atoms with Crippen LogP contribution in [0.1, 0.15) is 44.0 Å². The van der Waals surface area contributed by atoms with Crippen LogP contribution in [0.3, 0.4) is 0 Å². The molecule has 0 spiro atoms. The molecular formula is C15H18BrN3. The van der Waals surface area contributed by atoms with Crippen LogP contribution in [0.5, 0.6) is 0 Å². The third kappa shape index (κ3) is 1.93. The van der Waals surface area contributed by atoms with E-state index in [0.29, 0.717) is 18.0 Å². The number of nitrogens with zero attached hydrogens (tertiary/aromatic N) is 2. The average molecular weight is 320 g/mol. The van der Waals surface area contributed by atoms with Crippen molar-refractivity contribution in [3.8, 4) is 0 Å². The van der Waals surface area contributed by atoms with Gasteiger partial charge in [-0.25, -0.2) is 4.98 Å². The van der Waals surface area contributed by atoms with Crippen molar-refractivity contribution in [1.29, 1.82) is 0 Å². The monoisotopic (exact) mass is 319 g/mol. The second kappa shape index (κ2) is 4.32. The number of imidazole rings is 1. The molecule has 1 saturated carbocycles. The van der Waals surface area contributed by atoms with Crippen molar-refractivity contribution in [2.75, 3.05) is 6.54 Å². The molecule has 1 aliphatic carbocycles. The van der Waals surface area contributed by atoms with Gasteiger partial charge in [0.05, 0.1) is 11.0 Å². The molecule has 1 N–H and O–H groups in total. The molecule has 2 fully saturated rings. The smallest absolute Gasteiger partial charge is 0.114 e. The number of nitrogens with one attached hydrogen (secondary N) is 1. The Kier molecular flexibility index (Phi) is 2.71. The lowest BCUT2D eigenvalue weighted by atomic mass is 10.0. The third-order valence-electron chi connectivity index (χ3n) is 4.45. The molecule has 4 heteroatoms. The van der Waals surface area contributed by atoms with E-state index in [4.69, 9.17) is 4.98 Å². The molecular weight excluding hydrogens is 302 g/mol. The summed E-state index contributed by atoms with van der Waals surface area (Å²) in [6.07, 6.45) is 3.82. The van der Waals surface area contributed by atoms with Gasteiger partial charge in [0, 0.05) is 22.5 Å². The van der Waals surface area contributed by atoms with E-state index in [1.54, 1.807) is 0 Å². The highest BCUT2D eigenvalue weighted by molar-refractivity contribution is 9.10. The molecule has 1 saturated heterocycles. The Morgan fingerprint density at radius 3 is 2.84 bits per heavy atom. The predicted molar refractivity (Wildman–Crippen MR) is 80.5 cm³/mol. The fourth-order valence-electron chi connectivity index (χ4n) is 3.28. The van der Waals surface area contributed by atoms with Gasteiger partial charge < -0.3 is 9.88 Å². The fourth-order valence-corrected chi connectivity index (χ4v) is 3.63. The first kappa shape index (κ1) is 11.9. The highest BCUT2D eigenvalue weighted by atomic mass is 79.9. The van der Waals surface area contributed by atoms with Crippen molar-refractivity contribution in [2.45, 2.75) is 44.2 Å². The highest BCUT2D eigenvalue weighted by Crippen LogP contribution is 2.42. The van der Waals surface area contributed by atoms with E-state index in [0.717, 1.165) is 16.5 Å². The van der Waals surface area contributed by atoms with Crippen LogP contribution in [0.15, 0.2) is 22.7 Å². The maximum atomic E-state index is 4.96. The molecule has 1 aromatic heterocycles. The molecule has 2 unspecified atom stereocenters. The van der Waals surface area contributed by atoms with E-state index < -0.39 is 0 Å². The lowest BCUT2D eigenvalue weighted by molar-refractivity contribution is 0.538. The molecule has 0 radical (unpaired) electrons. The second-order valence-corrected chi connectivity index (χ2v) is 6.76.